The van der Waals surface area contributed by atoms with E-state index in [9.17, 15) is 9.59 Å². The molecule has 2 atom stereocenters. The van der Waals surface area contributed by atoms with Crippen LogP contribution in [0.25, 0.3) is 0 Å². The number of hydrogen-bond acceptors (Lipinski definition) is 2. The third-order valence-electron chi connectivity index (χ3n) is 2.88. The molecule has 1 aliphatic rings. The fraction of sp³-hybridized carbons (Fsp3) is 0.667. The Kier molecular flexibility index (Phi) is 4.10. The largest absolute Gasteiger partial charge is 0.345 e. The Morgan fingerprint density at radius 2 is 2.12 bits per heavy atom. The standard InChI is InChI=1S/C12H20N2O2/c1-5-6-9(4)14-10(15)7-13-12(16)11(14)8(2)3/h5,8-9,11H,1,6-7H2,2-4H3,(H,13,16). The van der Waals surface area contributed by atoms with Crippen molar-refractivity contribution in [3.63, 3.8) is 0 Å². The first-order chi connectivity index (χ1) is 7.49. The van der Waals surface area contributed by atoms with Crippen LogP contribution in [0.15, 0.2) is 12.7 Å². The van der Waals surface area contributed by atoms with Crippen LogP contribution in [-0.2, 0) is 9.59 Å². The average molecular weight is 224 g/mol. The Hall–Kier alpha value is -1.32. The van der Waals surface area contributed by atoms with Gasteiger partial charge in [-0.15, -0.1) is 6.58 Å². The van der Waals surface area contributed by atoms with E-state index in [0.717, 1.165) is 0 Å². The molecule has 1 aliphatic heterocycles. The van der Waals surface area contributed by atoms with E-state index >= 15 is 0 Å². The minimum absolute atomic E-state index is 0.00681. The van der Waals surface area contributed by atoms with Gasteiger partial charge in [0.15, 0.2) is 0 Å². The molecule has 0 radical (unpaired) electrons. The van der Waals surface area contributed by atoms with Crippen LogP contribution in [0.5, 0.6) is 0 Å². The summed E-state index contributed by atoms with van der Waals surface area (Å²) in [6.07, 6.45) is 2.49. The van der Waals surface area contributed by atoms with Gasteiger partial charge in [0, 0.05) is 6.04 Å². The first-order valence-electron chi connectivity index (χ1n) is 5.68. The van der Waals surface area contributed by atoms with Crippen LogP contribution >= 0.6 is 0 Å². The molecule has 0 spiro atoms. The first kappa shape index (κ1) is 12.7. The molecule has 1 rings (SSSR count). The Morgan fingerprint density at radius 1 is 1.50 bits per heavy atom. The molecule has 1 saturated heterocycles. The summed E-state index contributed by atoms with van der Waals surface area (Å²) in [6.45, 7) is 9.65. The molecule has 1 N–H and O–H groups in total. The highest BCUT2D eigenvalue weighted by Gasteiger charge is 2.38. The van der Waals surface area contributed by atoms with E-state index in [0.29, 0.717) is 6.42 Å². The monoisotopic (exact) mass is 224 g/mol. The second-order valence-corrected chi connectivity index (χ2v) is 4.58. The van der Waals surface area contributed by atoms with Crippen molar-refractivity contribution in [1.29, 1.82) is 0 Å². The number of nitrogens with one attached hydrogen (secondary N) is 1. The maximum atomic E-state index is 11.8. The zero-order valence-corrected chi connectivity index (χ0v) is 10.2. The molecule has 1 fully saturated rings. The van der Waals surface area contributed by atoms with Crippen LogP contribution in [-0.4, -0.2) is 35.3 Å². The molecule has 4 heteroatoms. The van der Waals surface area contributed by atoms with E-state index < -0.39 is 0 Å². The van der Waals surface area contributed by atoms with Gasteiger partial charge in [0.2, 0.25) is 11.8 Å². The lowest BCUT2D eigenvalue weighted by Crippen LogP contribution is -2.62. The van der Waals surface area contributed by atoms with Crippen LogP contribution in [0, 0.1) is 5.92 Å². The minimum atomic E-state index is -0.351. The predicted molar refractivity (Wildman–Crippen MR) is 62.8 cm³/mol. The number of hydrogen-bond donors (Lipinski definition) is 1. The van der Waals surface area contributed by atoms with Crippen LogP contribution in [0.1, 0.15) is 27.2 Å². The SMILES string of the molecule is C=CCC(C)N1C(=O)CNC(=O)C1C(C)C. The van der Waals surface area contributed by atoms with Crippen molar-refractivity contribution in [2.45, 2.75) is 39.3 Å². The van der Waals surface area contributed by atoms with E-state index in [1.807, 2.05) is 20.8 Å². The fourth-order valence-corrected chi connectivity index (χ4v) is 2.14. The number of carbonyl (C=O) groups excluding carboxylic acids is 2. The number of piperazine rings is 1. The number of amides is 2. The van der Waals surface area contributed by atoms with Crippen molar-refractivity contribution in [3.8, 4) is 0 Å². The summed E-state index contributed by atoms with van der Waals surface area (Å²) in [4.78, 5) is 25.3. The Balaban J connectivity index is 2.92. The second-order valence-electron chi connectivity index (χ2n) is 4.58. The fourth-order valence-electron chi connectivity index (χ4n) is 2.14. The lowest BCUT2D eigenvalue weighted by Gasteiger charge is -2.40. The van der Waals surface area contributed by atoms with Crippen molar-refractivity contribution in [2.75, 3.05) is 6.54 Å². The van der Waals surface area contributed by atoms with E-state index in [4.69, 9.17) is 0 Å². The molecular weight excluding hydrogens is 204 g/mol. The van der Waals surface area contributed by atoms with Crippen molar-refractivity contribution in [3.05, 3.63) is 12.7 Å². The summed E-state index contributed by atoms with van der Waals surface area (Å²) >= 11 is 0. The lowest BCUT2D eigenvalue weighted by molar-refractivity contribution is -0.149. The van der Waals surface area contributed by atoms with Crippen molar-refractivity contribution >= 4 is 11.8 Å². The molecule has 0 aromatic carbocycles. The smallest absolute Gasteiger partial charge is 0.243 e. The molecular formula is C12H20N2O2. The maximum Gasteiger partial charge on any atom is 0.243 e. The van der Waals surface area contributed by atoms with Crippen LogP contribution in [0.3, 0.4) is 0 Å². The van der Waals surface area contributed by atoms with E-state index in [1.165, 1.54) is 0 Å². The van der Waals surface area contributed by atoms with Crippen LogP contribution in [0.4, 0.5) is 0 Å². The van der Waals surface area contributed by atoms with Crippen molar-refractivity contribution in [1.82, 2.24) is 10.2 Å². The first-order valence-corrected chi connectivity index (χ1v) is 5.68. The van der Waals surface area contributed by atoms with E-state index in [1.54, 1.807) is 11.0 Å². The highest BCUT2D eigenvalue weighted by Crippen LogP contribution is 2.19. The number of carbonyl (C=O) groups is 2. The predicted octanol–water partition coefficient (Wildman–Crippen LogP) is 0.934. The van der Waals surface area contributed by atoms with Crippen LogP contribution in [0.2, 0.25) is 0 Å². The lowest BCUT2D eigenvalue weighted by atomic mass is 9.97. The Labute approximate surface area is 96.7 Å². The molecule has 2 amide bonds. The van der Waals surface area contributed by atoms with Gasteiger partial charge in [0.05, 0.1) is 6.54 Å². The quantitative estimate of drug-likeness (QED) is 0.722. The highest BCUT2D eigenvalue weighted by molar-refractivity contribution is 5.95. The van der Waals surface area contributed by atoms with Gasteiger partial charge in [-0.25, -0.2) is 0 Å². The molecule has 0 bridgehead atoms. The zero-order chi connectivity index (χ0) is 12.3. The molecule has 1 heterocycles. The molecule has 0 saturated carbocycles. The highest BCUT2D eigenvalue weighted by atomic mass is 16.2. The van der Waals surface area contributed by atoms with Gasteiger partial charge in [0.1, 0.15) is 6.04 Å². The summed E-state index contributed by atoms with van der Waals surface area (Å²) in [6, 6.07) is -0.320. The van der Waals surface area contributed by atoms with Crippen LogP contribution < -0.4 is 5.32 Å². The van der Waals surface area contributed by atoms with Gasteiger partial charge in [-0.3, -0.25) is 9.59 Å². The summed E-state index contributed by atoms with van der Waals surface area (Å²) in [5.41, 5.74) is 0. The molecule has 2 unspecified atom stereocenters. The van der Waals surface area contributed by atoms with Gasteiger partial charge in [0.25, 0.3) is 0 Å². The third-order valence-corrected chi connectivity index (χ3v) is 2.88. The molecule has 0 aliphatic carbocycles. The Morgan fingerprint density at radius 3 is 2.62 bits per heavy atom. The number of rotatable bonds is 4. The molecule has 16 heavy (non-hydrogen) atoms. The second kappa shape index (κ2) is 5.14. The summed E-state index contributed by atoms with van der Waals surface area (Å²) in [5, 5.41) is 2.63. The molecule has 0 aromatic heterocycles. The summed E-state index contributed by atoms with van der Waals surface area (Å²) < 4.78 is 0. The van der Waals surface area contributed by atoms with Gasteiger partial charge >= 0.3 is 0 Å². The number of nitrogens with zero attached hydrogens (tertiary/aromatic N) is 1. The normalized spacial score (nSPS) is 23.2. The topological polar surface area (TPSA) is 49.4 Å². The van der Waals surface area contributed by atoms with Crippen molar-refractivity contribution < 1.29 is 9.59 Å². The Bertz CT molecular complexity index is 299. The van der Waals surface area contributed by atoms with E-state index in [-0.39, 0.29) is 36.4 Å². The van der Waals surface area contributed by atoms with Crippen molar-refractivity contribution in [2.24, 2.45) is 5.92 Å². The molecule has 90 valence electrons. The van der Waals surface area contributed by atoms with E-state index in [2.05, 4.69) is 11.9 Å². The van der Waals surface area contributed by atoms with Gasteiger partial charge in [-0.1, -0.05) is 19.9 Å². The van der Waals surface area contributed by atoms with Gasteiger partial charge in [-0.05, 0) is 19.3 Å². The van der Waals surface area contributed by atoms with Gasteiger partial charge in [-0.2, -0.15) is 0 Å². The third kappa shape index (κ3) is 2.43. The van der Waals surface area contributed by atoms with Gasteiger partial charge < -0.3 is 10.2 Å². The molecule has 0 aromatic rings. The summed E-state index contributed by atoms with van der Waals surface area (Å²) in [7, 11) is 0. The summed E-state index contributed by atoms with van der Waals surface area (Å²) in [5.74, 6) is 0.0645. The zero-order valence-electron chi connectivity index (χ0n) is 10.2. The maximum absolute atomic E-state index is 11.8. The molecule has 4 nitrogen and oxygen atoms in total. The average Bonchev–Trinajstić information content (AvgIpc) is 2.20. The minimum Gasteiger partial charge on any atom is -0.345 e.